The molecule has 1 aromatic carbocycles. The summed E-state index contributed by atoms with van der Waals surface area (Å²) < 4.78 is 39.3. The zero-order chi connectivity index (χ0) is 18.5. The van der Waals surface area contributed by atoms with Crippen LogP contribution in [-0.2, 0) is 9.59 Å². The summed E-state index contributed by atoms with van der Waals surface area (Å²) in [7, 11) is 0. The Labute approximate surface area is 138 Å². The van der Waals surface area contributed by atoms with E-state index in [2.05, 4.69) is 5.32 Å². The molecule has 0 aliphatic rings. The Morgan fingerprint density at radius 2 is 1.71 bits per heavy atom. The molecular formula is C16H21F3N2O3. The van der Waals surface area contributed by atoms with Crippen LogP contribution in [0.4, 0.5) is 18.9 Å². The molecule has 1 atom stereocenters. The largest absolute Gasteiger partial charge is 0.388 e. The Bertz CT molecular complexity index is 619. The van der Waals surface area contributed by atoms with Crippen LogP contribution in [0.5, 0.6) is 0 Å². The smallest absolute Gasteiger partial charge is 0.313 e. The SMILES string of the molecule is CC(C)CC[C@@](C)(O)CNC(=O)C(=O)Nc1cc(F)c(F)cc1F. The van der Waals surface area contributed by atoms with Gasteiger partial charge in [-0.05, 0) is 25.7 Å². The number of hydrogen-bond donors (Lipinski definition) is 3. The summed E-state index contributed by atoms with van der Waals surface area (Å²) in [6.45, 7) is 5.31. The van der Waals surface area contributed by atoms with Crippen molar-refractivity contribution < 1.29 is 27.9 Å². The molecule has 5 nitrogen and oxygen atoms in total. The van der Waals surface area contributed by atoms with Gasteiger partial charge in [0.1, 0.15) is 5.82 Å². The number of halogens is 3. The fourth-order valence-corrected chi connectivity index (χ4v) is 1.84. The Morgan fingerprint density at radius 1 is 1.12 bits per heavy atom. The molecule has 0 bridgehead atoms. The van der Waals surface area contributed by atoms with Gasteiger partial charge in [-0.2, -0.15) is 0 Å². The quantitative estimate of drug-likeness (QED) is 0.546. The minimum Gasteiger partial charge on any atom is -0.388 e. The molecule has 0 unspecified atom stereocenters. The molecule has 0 saturated heterocycles. The molecule has 0 aliphatic carbocycles. The molecule has 0 fully saturated rings. The first-order valence-corrected chi connectivity index (χ1v) is 7.48. The van der Waals surface area contributed by atoms with Gasteiger partial charge >= 0.3 is 11.8 Å². The van der Waals surface area contributed by atoms with Crippen molar-refractivity contribution in [3.63, 3.8) is 0 Å². The van der Waals surface area contributed by atoms with Crippen molar-refractivity contribution in [1.82, 2.24) is 5.32 Å². The fraction of sp³-hybridized carbons (Fsp3) is 0.500. The number of rotatable bonds is 6. The normalized spacial score (nSPS) is 13.5. The molecule has 1 rings (SSSR count). The molecule has 0 aromatic heterocycles. The first-order valence-electron chi connectivity index (χ1n) is 7.48. The highest BCUT2D eigenvalue weighted by atomic mass is 19.2. The summed E-state index contributed by atoms with van der Waals surface area (Å²) in [5.74, 6) is -5.98. The first kappa shape index (κ1) is 20.0. The van der Waals surface area contributed by atoms with Gasteiger partial charge in [0.2, 0.25) is 0 Å². The van der Waals surface area contributed by atoms with Crippen LogP contribution in [-0.4, -0.2) is 29.1 Å². The molecule has 0 spiro atoms. The van der Waals surface area contributed by atoms with E-state index in [1.165, 1.54) is 6.92 Å². The number of nitrogens with one attached hydrogen (secondary N) is 2. The number of benzene rings is 1. The molecular weight excluding hydrogens is 325 g/mol. The van der Waals surface area contributed by atoms with Crippen LogP contribution >= 0.6 is 0 Å². The fourth-order valence-electron chi connectivity index (χ4n) is 1.84. The average molecular weight is 346 g/mol. The zero-order valence-electron chi connectivity index (χ0n) is 13.8. The third-order valence-corrected chi connectivity index (χ3v) is 3.35. The molecule has 3 N–H and O–H groups in total. The second kappa shape index (κ2) is 8.14. The summed E-state index contributed by atoms with van der Waals surface area (Å²) in [4.78, 5) is 23.3. The molecule has 0 heterocycles. The van der Waals surface area contributed by atoms with Crippen LogP contribution in [0.3, 0.4) is 0 Å². The van der Waals surface area contributed by atoms with Crippen LogP contribution in [0.15, 0.2) is 12.1 Å². The average Bonchev–Trinajstić information content (AvgIpc) is 2.48. The summed E-state index contributed by atoms with van der Waals surface area (Å²) in [6.07, 6.45) is 1.15. The number of carbonyl (C=O) groups is 2. The van der Waals surface area contributed by atoms with Crippen LogP contribution in [0, 0.1) is 23.4 Å². The van der Waals surface area contributed by atoms with E-state index in [0.29, 0.717) is 18.4 Å². The molecule has 2 amide bonds. The maximum Gasteiger partial charge on any atom is 0.313 e. The van der Waals surface area contributed by atoms with Gasteiger partial charge in [-0.25, -0.2) is 13.2 Å². The van der Waals surface area contributed by atoms with Crippen LogP contribution in [0.2, 0.25) is 0 Å². The minimum absolute atomic E-state index is 0.174. The lowest BCUT2D eigenvalue weighted by Gasteiger charge is -2.24. The minimum atomic E-state index is -1.41. The standard InChI is InChI=1S/C16H21F3N2O3/c1-9(2)4-5-16(3,24)8-20-14(22)15(23)21-13-7-11(18)10(17)6-12(13)19/h6-7,9,24H,4-5,8H2,1-3H3,(H,20,22)(H,21,23)/t16-/m1/s1. The van der Waals surface area contributed by atoms with Crippen molar-refractivity contribution in [1.29, 1.82) is 0 Å². The lowest BCUT2D eigenvalue weighted by atomic mass is 9.95. The number of hydrogen-bond acceptors (Lipinski definition) is 3. The van der Waals surface area contributed by atoms with Gasteiger partial charge in [0.15, 0.2) is 11.6 Å². The summed E-state index contributed by atoms with van der Waals surface area (Å²) in [5.41, 5.74) is -1.85. The van der Waals surface area contributed by atoms with Crippen molar-refractivity contribution in [2.75, 3.05) is 11.9 Å². The van der Waals surface area contributed by atoms with E-state index in [4.69, 9.17) is 0 Å². The van der Waals surface area contributed by atoms with E-state index in [-0.39, 0.29) is 12.6 Å². The van der Waals surface area contributed by atoms with Crippen molar-refractivity contribution in [3.8, 4) is 0 Å². The predicted molar refractivity (Wildman–Crippen MR) is 82.7 cm³/mol. The van der Waals surface area contributed by atoms with Gasteiger partial charge in [0, 0.05) is 18.7 Å². The Balaban J connectivity index is 2.60. The maximum absolute atomic E-state index is 13.4. The van der Waals surface area contributed by atoms with Crippen LogP contribution in [0.25, 0.3) is 0 Å². The van der Waals surface area contributed by atoms with Crippen molar-refractivity contribution in [2.24, 2.45) is 5.92 Å². The molecule has 8 heteroatoms. The zero-order valence-corrected chi connectivity index (χ0v) is 13.8. The van der Waals surface area contributed by atoms with E-state index < -0.39 is 40.6 Å². The van der Waals surface area contributed by atoms with E-state index in [1.54, 1.807) is 0 Å². The maximum atomic E-state index is 13.4. The molecule has 134 valence electrons. The second-order valence-corrected chi connectivity index (χ2v) is 6.31. The van der Waals surface area contributed by atoms with Gasteiger partial charge in [0.05, 0.1) is 11.3 Å². The Kier molecular flexibility index (Phi) is 6.77. The van der Waals surface area contributed by atoms with Crippen LogP contribution < -0.4 is 10.6 Å². The Morgan fingerprint density at radius 3 is 2.29 bits per heavy atom. The highest BCUT2D eigenvalue weighted by molar-refractivity contribution is 6.39. The lowest BCUT2D eigenvalue weighted by molar-refractivity contribution is -0.136. The van der Waals surface area contributed by atoms with Gasteiger partial charge in [-0.3, -0.25) is 9.59 Å². The van der Waals surface area contributed by atoms with Gasteiger partial charge in [-0.1, -0.05) is 13.8 Å². The summed E-state index contributed by atoms with van der Waals surface area (Å²) in [6, 6.07) is 0.703. The third-order valence-electron chi connectivity index (χ3n) is 3.35. The van der Waals surface area contributed by atoms with Crippen molar-refractivity contribution in [2.45, 2.75) is 39.2 Å². The van der Waals surface area contributed by atoms with E-state index in [9.17, 15) is 27.9 Å². The molecule has 24 heavy (non-hydrogen) atoms. The van der Waals surface area contributed by atoms with E-state index in [0.717, 1.165) is 6.42 Å². The highest BCUT2D eigenvalue weighted by Crippen LogP contribution is 2.18. The molecule has 0 aliphatic heterocycles. The number of aliphatic hydroxyl groups is 1. The summed E-state index contributed by atoms with van der Waals surface area (Å²) in [5, 5.41) is 14.2. The van der Waals surface area contributed by atoms with Crippen molar-refractivity contribution in [3.05, 3.63) is 29.6 Å². The summed E-state index contributed by atoms with van der Waals surface area (Å²) >= 11 is 0. The van der Waals surface area contributed by atoms with Crippen LogP contribution in [0.1, 0.15) is 33.6 Å². The molecule has 0 saturated carbocycles. The lowest BCUT2D eigenvalue weighted by Crippen LogP contribution is -2.44. The number of carbonyl (C=O) groups excluding carboxylic acids is 2. The topological polar surface area (TPSA) is 78.4 Å². The van der Waals surface area contributed by atoms with Gasteiger partial charge in [0.25, 0.3) is 0 Å². The second-order valence-electron chi connectivity index (χ2n) is 6.31. The number of anilines is 1. The number of amides is 2. The van der Waals surface area contributed by atoms with Gasteiger partial charge < -0.3 is 15.7 Å². The Hall–Kier alpha value is -2.09. The highest BCUT2D eigenvalue weighted by Gasteiger charge is 2.24. The third kappa shape index (κ3) is 6.19. The first-order chi connectivity index (χ1) is 11.0. The molecule has 1 aromatic rings. The van der Waals surface area contributed by atoms with E-state index >= 15 is 0 Å². The van der Waals surface area contributed by atoms with Gasteiger partial charge in [-0.15, -0.1) is 0 Å². The van der Waals surface area contributed by atoms with Crippen molar-refractivity contribution >= 4 is 17.5 Å². The predicted octanol–water partition coefficient (Wildman–Crippen LogP) is 2.35. The van der Waals surface area contributed by atoms with E-state index in [1.807, 2.05) is 19.2 Å². The molecule has 0 radical (unpaired) electrons. The monoisotopic (exact) mass is 346 g/mol.